The van der Waals surface area contributed by atoms with Crippen molar-refractivity contribution in [3.8, 4) is 0 Å². The van der Waals surface area contributed by atoms with Gasteiger partial charge in [-0.05, 0) is 18.7 Å². The third-order valence-corrected chi connectivity index (χ3v) is 5.89. The maximum absolute atomic E-state index is 12.2. The Hall–Kier alpha value is -1.15. The summed E-state index contributed by atoms with van der Waals surface area (Å²) >= 11 is 5.90. The molecule has 1 aliphatic rings. The number of piperazine rings is 1. The van der Waals surface area contributed by atoms with Gasteiger partial charge in [0.2, 0.25) is 15.9 Å². The van der Waals surface area contributed by atoms with Crippen LogP contribution >= 0.6 is 11.6 Å². The molecule has 0 unspecified atom stereocenters. The van der Waals surface area contributed by atoms with Crippen molar-refractivity contribution in [3.63, 3.8) is 0 Å². The number of halogens is 1. The number of likely N-dealkylation sites (N-methyl/N-ethyl adjacent to an activating group) is 1. The first kappa shape index (κ1) is 18.2. The number of rotatable bonds is 6. The van der Waals surface area contributed by atoms with Crippen LogP contribution in [0.15, 0.2) is 29.2 Å². The van der Waals surface area contributed by atoms with Gasteiger partial charge in [-0.3, -0.25) is 4.79 Å². The van der Waals surface area contributed by atoms with Crippen molar-refractivity contribution in [2.24, 2.45) is 0 Å². The summed E-state index contributed by atoms with van der Waals surface area (Å²) < 4.78 is 26.8. The highest BCUT2D eigenvalue weighted by Crippen LogP contribution is 2.20. The van der Waals surface area contributed by atoms with E-state index in [4.69, 9.17) is 11.6 Å². The second-order valence-electron chi connectivity index (χ2n) is 5.39. The highest BCUT2D eigenvalue weighted by atomic mass is 35.5. The van der Waals surface area contributed by atoms with Crippen LogP contribution in [-0.4, -0.2) is 63.4 Å². The molecule has 1 heterocycles. The molecule has 2 rings (SSSR count). The number of hydrogen-bond acceptors (Lipinski definition) is 4. The van der Waals surface area contributed by atoms with Gasteiger partial charge in [0, 0.05) is 39.1 Å². The van der Waals surface area contributed by atoms with E-state index < -0.39 is 10.0 Å². The van der Waals surface area contributed by atoms with E-state index in [0.29, 0.717) is 13.1 Å². The van der Waals surface area contributed by atoms with Crippen LogP contribution in [0.3, 0.4) is 0 Å². The van der Waals surface area contributed by atoms with Crippen molar-refractivity contribution < 1.29 is 13.2 Å². The van der Waals surface area contributed by atoms with E-state index in [1.54, 1.807) is 17.0 Å². The topological polar surface area (TPSA) is 69.7 Å². The van der Waals surface area contributed by atoms with Crippen LogP contribution in [0.4, 0.5) is 0 Å². The number of sulfonamides is 1. The Balaban J connectivity index is 1.83. The van der Waals surface area contributed by atoms with Gasteiger partial charge >= 0.3 is 0 Å². The van der Waals surface area contributed by atoms with Crippen molar-refractivity contribution >= 4 is 27.5 Å². The van der Waals surface area contributed by atoms with Crippen LogP contribution in [0.1, 0.15) is 13.3 Å². The van der Waals surface area contributed by atoms with Crippen molar-refractivity contribution in [1.82, 2.24) is 14.5 Å². The lowest BCUT2D eigenvalue weighted by Crippen LogP contribution is -2.49. The fourth-order valence-electron chi connectivity index (χ4n) is 2.50. The van der Waals surface area contributed by atoms with Crippen LogP contribution < -0.4 is 4.72 Å². The molecule has 1 amide bonds. The van der Waals surface area contributed by atoms with Gasteiger partial charge in [-0.2, -0.15) is 0 Å². The first-order chi connectivity index (χ1) is 10.9. The SMILES string of the molecule is CCN1CCN(C(=O)CCNS(=O)(=O)c2ccccc2Cl)CC1. The predicted octanol–water partition coefficient (Wildman–Crippen LogP) is 1.17. The fourth-order valence-corrected chi connectivity index (χ4v) is 4.05. The molecule has 0 atom stereocenters. The third-order valence-electron chi connectivity index (χ3n) is 3.93. The number of carbonyl (C=O) groups is 1. The summed E-state index contributed by atoms with van der Waals surface area (Å²) in [6.45, 7) is 6.29. The van der Waals surface area contributed by atoms with E-state index in [9.17, 15) is 13.2 Å². The van der Waals surface area contributed by atoms with Gasteiger partial charge in [-0.1, -0.05) is 30.7 Å². The zero-order valence-electron chi connectivity index (χ0n) is 13.2. The maximum atomic E-state index is 12.2. The molecule has 6 nitrogen and oxygen atoms in total. The van der Waals surface area contributed by atoms with Gasteiger partial charge in [0.15, 0.2) is 0 Å². The Bertz CT molecular complexity index is 643. The largest absolute Gasteiger partial charge is 0.340 e. The molecule has 1 aliphatic heterocycles. The molecule has 1 aromatic carbocycles. The van der Waals surface area contributed by atoms with Crippen molar-refractivity contribution in [3.05, 3.63) is 29.3 Å². The molecule has 23 heavy (non-hydrogen) atoms. The van der Waals surface area contributed by atoms with Gasteiger partial charge in [-0.25, -0.2) is 13.1 Å². The summed E-state index contributed by atoms with van der Waals surface area (Å²) in [4.78, 5) is 16.2. The van der Waals surface area contributed by atoms with Gasteiger partial charge in [0.25, 0.3) is 0 Å². The van der Waals surface area contributed by atoms with Crippen LogP contribution in [-0.2, 0) is 14.8 Å². The molecule has 128 valence electrons. The first-order valence-electron chi connectivity index (χ1n) is 7.68. The second-order valence-corrected chi connectivity index (χ2v) is 7.54. The Kier molecular flexibility index (Phi) is 6.41. The van der Waals surface area contributed by atoms with Crippen LogP contribution in [0.25, 0.3) is 0 Å². The van der Waals surface area contributed by atoms with E-state index in [2.05, 4.69) is 16.5 Å². The predicted molar refractivity (Wildman–Crippen MR) is 90.0 cm³/mol. The Labute approximate surface area is 142 Å². The van der Waals surface area contributed by atoms with E-state index in [-0.39, 0.29) is 28.8 Å². The Morgan fingerprint density at radius 2 is 1.87 bits per heavy atom. The lowest BCUT2D eigenvalue weighted by Gasteiger charge is -2.34. The van der Waals surface area contributed by atoms with Gasteiger partial charge < -0.3 is 9.80 Å². The standard InChI is InChI=1S/C15H22ClN3O3S/c1-2-18-9-11-19(12-10-18)15(20)7-8-17-23(21,22)14-6-4-3-5-13(14)16/h3-6,17H,2,7-12H2,1H3. The smallest absolute Gasteiger partial charge is 0.242 e. The second kappa shape index (κ2) is 8.10. The monoisotopic (exact) mass is 359 g/mol. The van der Waals surface area contributed by atoms with Crippen molar-refractivity contribution in [2.45, 2.75) is 18.2 Å². The fraction of sp³-hybridized carbons (Fsp3) is 0.533. The van der Waals surface area contributed by atoms with Crippen LogP contribution in [0.2, 0.25) is 5.02 Å². The lowest BCUT2D eigenvalue weighted by atomic mass is 10.3. The van der Waals surface area contributed by atoms with Gasteiger partial charge in [0.1, 0.15) is 4.90 Å². The molecule has 1 aromatic rings. The van der Waals surface area contributed by atoms with Crippen LogP contribution in [0, 0.1) is 0 Å². The molecule has 0 aliphatic carbocycles. The molecule has 8 heteroatoms. The minimum absolute atomic E-state index is 0.0254. The lowest BCUT2D eigenvalue weighted by molar-refractivity contribution is -0.132. The normalized spacial score (nSPS) is 16.5. The number of benzene rings is 1. The molecule has 0 radical (unpaired) electrons. The highest BCUT2D eigenvalue weighted by Gasteiger charge is 2.21. The molecule has 0 bridgehead atoms. The minimum Gasteiger partial charge on any atom is -0.340 e. The number of carbonyl (C=O) groups excluding carboxylic acids is 1. The van der Waals surface area contributed by atoms with E-state index >= 15 is 0 Å². The van der Waals surface area contributed by atoms with Gasteiger partial charge in [-0.15, -0.1) is 0 Å². The average Bonchev–Trinajstić information content (AvgIpc) is 2.55. The van der Waals surface area contributed by atoms with Gasteiger partial charge in [0.05, 0.1) is 5.02 Å². The van der Waals surface area contributed by atoms with Crippen molar-refractivity contribution in [1.29, 1.82) is 0 Å². The molecule has 0 saturated carbocycles. The molecule has 1 saturated heterocycles. The number of amides is 1. The first-order valence-corrected chi connectivity index (χ1v) is 9.54. The highest BCUT2D eigenvalue weighted by molar-refractivity contribution is 7.89. The Morgan fingerprint density at radius 3 is 2.48 bits per heavy atom. The molecule has 1 fully saturated rings. The number of nitrogens with zero attached hydrogens (tertiary/aromatic N) is 2. The summed E-state index contributed by atoms with van der Waals surface area (Å²) in [5.74, 6) is -0.0254. The number of hydrogen-bond donors (Lipinski definition) is 1. The zero-order chi connectivity index (χ0) is 16.9. The van der Waals surface area contributed by atoms with E-state index in [1.165, 1.54) is 12.1 Å². The average molecular weight is 360 g/mol. The maximum Gasteiger partial charge on any atom is 0.242 e. The summed E-state index contributed by atoms with van der Waals surface area (Å²) in [6, 6.07) is 6.24. The van der Waals surface area contributed by atoms with Crippen LogP contribution in [0.5, 0.6) is 0 Å². The summed E-state index contributed by atoms with van der Waals surface area (Å²) in [7, 11) is -3.69. The molecule has 0 spiro atoms. The quantitative estimate of drug-likeness (QED) is 0.827. The summed E-state index contributed by atoms with van der Waals surface area (Å²) in [5.41, 5.74) is 0. The van der Waals surface area contributed by atoms with E-state index in [0.717, 1.165) is 19.6 Å². The van der Waals surface area contributed by atoms with Crippen molar-refractivity contribution in [2.75, 3.05) is 39.3 Å². The third kappa shape index (κ3) is 4.91. The summed E-state index contributed by atoms with van der Waals surface area (Å²) in [5, 5.41) is 0.169. The molecular weight excluding hydrogens is 338 g/mol. The molecule has 1 N–H and O–H groups in total. The molecular formula is C15H22ClN3O3S. The summed E-state index contributed by atoms with van der Waals surface area (Å²) in [6.07, 6.45) is 0.149. The minimum atomic E-state index is -3.69. The Morgan fingerprint density at radius 1 is 1.22 bits per heavy atom. The van der Waals surface area contributed by atoms with E-state index in [1.807, 2.05) is 0 Å². The number of nitrogens with one attached hydrogen (secondary N) is 1. The molecule has 0 aromatic heterocycles. The zero-order valence-corrected chi connectivity index (χ0v) is 14.7.